The zero-order valence-corrected chi connectivity index (χ0v) is 27.3. The summed E-state index contributed by atoms with van der Waals surface area (Å²) >= 11 is 6.24. The summed E-state index contributed by atoms with van der Waals surface area (Å²) in [6.07, 6.45) is 9.54. The molecular weight excluding hydrogens is 624 g/mol. The average Bonchev–Trinajstić information content (AvgIpc) is 3.30. The lowest BCUT2D eigenvalue weighted by molar-refractivity contribution is -0.149. The maximum Gasteiger partial charge on any atom is 0.298 e. The van der Waals surface area contributed by atoms with Gasteiger partial charge in [0.15, 0.2) is 6.04 Å². The Balaban J connectivity index is 1.41. The van der Waals surface area contributed by atoms with Crippen molar-refractivity contribution in [3.8, 4) is 11.5 Å². The van der Waals surface area contributed by atoms with Crippen LogP contribution in [0.2, 0.25) is 5.02 Å². The molecule has 3 aliphatic rings. The Morgan fingerprint density at radius 2 is 1.71 bits per heavy atom. The Labute approximate surface area is 270 Å². The molecule has 248 valence electrons. The van der Waals surface area contributed by atoms with E-state index in [1.807, 2.05) is 6.92 Å². The Bertz CT molecular complexity index is 1410. The first-order chi connectivity index (χ1) is 21.5. The first-order valence-electron chi connectivity index (χ1n) is 16.1. The number of halogens is 3. The number of benzene rings is 2. The van der Waals surface area contributed by atoms with E-state index in [4.69, 9.17) is 26.8 Å². The van der Waals surface area contributed by atoms with Crippen molar-refractivity contribution in [2.75, 3.05) is 13.2 Å². The van der Waals surface area contributed by atoms with Crippen LogP contribution >= 0.6 is 11.6 Å². The van der Waals surface area contributed by atoms with Crippen LogP contribution in [0.5, 0.6) is 11.5 Å². The highest BCUT2D eigenvalue weighted by Gasteiger charge is 2.53. The molecule has 3 N–H and O–H groups in total. The molecule has 45 heavy (non-hydrogen) atoms. The molecule has 2 bridgehead atoms. The van der Waals surface area contributed by atoms with Crippen LogP contribution in [0.15, 0.2) is 47.4 Å². The lowest BCUT2D eigenvalue weighted by Gasteiger charge is -2.41. The molecule has 3 atom stereocenters. The number of alkyl halides is 2. The minimum atomic E-state index is -4.56. The van der Waals surface area contributed by atoms with E-state index in [-0.39, 0.29) is 40.4 Å². The number of nitrogens with two attached hydrogens (primary N) is 1. The van der Waals surface area contributed by atoms with Crippen LogP contribution in [0.25, 0.3) is 0 Å². The third kappa shape index (κ3) is 7.92. The molecule has 1 saturated carbocycles. The van der Waals surface area contributed by atoms with E-state index >= 15 is 8.78 Å². The number of carbonyl (C=O) groups excluding carboxylic acids is 1. The molecule has 3 unspecified atom stereocenters. The third-order valence-corrected chi connectivity index (χ3v) is 11.1. The quantitative estimate of drug-likeness (QED) is 0.239. The fraction of sp³-hybridized carbons (Fsp3) is 0.606. The van der Waals surface area contributed by atoms with E-state index < -0.39 is 33.5 Å². The van der Waals surface area contributed by atoms with Gasteiger partial charge < -0.3 is 20.1 Å². The molecule has 1 aliphatic carbocycles. The molecule has 0 spiro atoms. The van der Waals surface area contributed by atoms with Gasteiger partial charge in [-0.1, -0.05) is 50.3 Å². The van der Waals surface area contributed by atoms with Crippen LogP contribution in [0.4, 0.5) is 8.78 Å². The minimum absolute atomic E-state index is 0.0455. The summed E-state index contributed by atoms with van der Waals surface area (Å²) in [5.74, 6) is -3.92. The molecule has 2 aromatic rings. The predicted octanol–water partition coefficient (Wildman–Crippen LogP) is 6.40. The number of carbonyl (C=O) groups is 1. The molecule has 1 amide bonds. The van der Waals surface area contributed by atoms with Gasteiger partial charge in [-0.15, -0.1) is 0 Å². The molecule has 2 aliphatic heterocycles. The number of hydrogen-bond donors (Lipinski definition) is 2. The number of nitrogens with zero attached hydrogens (tertiary/aromatic N) is 1. The van der Waals surface area contributed by atoms with E-state index in [1.54, 1.807) is 0 Å². The number of rotatable bonds is 13. The highest BCUT2D eigenvalue weighted by atomic mass is 35.5. The number of unbranched alkanes of at least 4 members (excludes halogenated alkanes) is 1. The smallest absolute Gasteiger partial charge is 0.298 e. The molecule has 2 heterocycles. The zero-order chi connectivity index (χ0) is 32.2. The van der Waals surface area contributed by atoms with E-state index in [0.29, 0.717) is 50.4 Å². The lowest BCUT2D eigenvalue weighted by Crippen LogP contribution is -2.60. The molecule has 8 nitrogen and oxygen atoms in total. The topological polar surface area (TPSA) is 111 Å². The number of sulfonamides is 1. The number of ether oxygens (including phenoxy) is 2. The summed E-state index contributed by atoms with van der Waals surface area (Å²) in [4.78, 5) is 15.2. The molecule has 0 radical (unpaired) electrons. The SMILES string of the molecule is CCCCOc1cc(C(F)(F)C(NS(=O)(=O)c2ccc(OCC3CCCCC3)cc2)C(=O)N2C3CCC2CC(N)C3)ccc1Cl. The number of nitrogens with one attached hydrogen (secondary N) is 1. The number of amides is 1. The first-order valence-corrected chi connectivity index (χ1v) is 18.0. The Kier molecular flexibility index (Phi) is 10.9. The molecule has 12 heteroatoms. The van der Waals surface area contributed by atoms with Gasteiger partial charge in [-0.3, -0.25) is 4.79 Å². The standard InChI is InChI=1S/C33H44ClF2N3O5S/c1-2-3-17-43-30-18-23(9-16-29(30)34)33(35,36)31(32(40)39-25-10-11-26(39)20-24(37)19-25)38-45(41,42)28-14-12-27(13-15-28)44-21-22-7-5-4-6-8-22/h9,12-16,18,22,24-26,31,38H,2-8,10-11,17,19-21,37H2,1H3. The molecular formula is C33H44ClF2N3O5S. The number of hydrogen-bond acceptors (Lipinski definition) is 6. The number of fused-ring (bicyclic) bond motifs is 2. The Morgan fingerprint density at radius 3 is 2.36 bits per heavy atom. The minimum Gasteiger partial charge on any atom is -0.493 e. The first kappa shape index (κ1) is 33.9. The summed E-state index contributed by atoms with van der Waals surface area (Å²) in [6, 6.07) is 5.91. The monoisotopic (exact) mass is 667 g/mol. The Morgan fingerprint density at radius 1 is 1.04 bits per heavy atom. The van der Waals surface area contributed by atoms with Crippen LogP contribution in [0, 0.1) is 5.92 Å². The molecule has 3 fully saturated rings. The van der Waals surface area contributed by atoms with Crippen molar-refractivity contribution in [3.63, 3.8) is 0 Å². The molecule has 5 rings (SSSR count). The maximum absolute atomic E-state index is 16.5. The highest BCUT2D eigenvalue weighted by molar-refractivity contribution is 7.89. The van der Waals surface area contributed by atoms with Gasteiger partial charge >= 0.3 is 0 Å². The van der Waals surface area contributed by atoms with Crippen LogP contribution in [0.3, 0.4) is 0 Å². The summed E-state index contributed by atoms with van der Waals surface area (Å²) in [7, 11) is -4.56. The van der Waals surface area contributed by atoms with Crippen molar-refractivity contribution in [1.82, 2.24) is 9.62 Å². The summed E-state index contributed by atoms with van der Waals surface area (Å²) in [6.45, 7) is 2.79. The highest BCUT2D eigenvalue weighted by Crippen LogP contribution is 2.41. The largest absolute Gasteiger partial charge is 0.493 e. The second kappa shape index (κ2) is 14.5. The van der Waals surface area contributed by atoms with Crippen LogP contribution in [-0.4, -0.2) is 56.6 Å². The Hall–Kier alpha value is -2.47. The molecule has 2 aromatic carbocycles. The van der Waals surface area contributed by atoms with Gasteiger partial charge in [0.25, 0.3) is 5.92 Å². The van der Waals surface area contributed by atoms with Crippen molar-refractivity contribution in [2.45, 2.75) is 113 Å². The van der Waals surface area contributed by atoms with E-state index in [0.717, 1.165) is 31.4 Å². The predicted molar refractivity (Wildman–Crippen MR) is 169 cm³/mol. The summed E-state index contributed by atoms with van der Waals surface area (Å²) < 4.78 is 74.0. The lowest BCUT2D eigenvalue weighted by atomic mass is 9.90. The van der Waals surface area contributed by atoms with Gasteiger partial charge in [0.05, 0.1) is 23.1 Å². The second-order valence-corrected chi connectivity index (χ2v) is 14.8. The van der Waals surface area contributed by atoms with Gasteiger partial charge in [0.1, 0.15) is 11.5 Å². The van der Waals surface area contributed by atoms with Gasteiger partial charge in [-0.25, -0.2) is 8.42 Å². The maximum atomic E-state index is 16.5. The van der Waals surface area contributed by atoms with Crippen molar-refractivity contribution in [1.29, 1.82) is 0 Å². The van der Waals surface area contributed by atoms with Crippen LogP contribution in [0.1, 0.15) is 83.1 Å². The second-order valence-electron chi connectivity index (χ2n) is 12.7. The van der Waals surface area contributed by atoms with Crippen LogP contribution in [-0.2, 0) is 20.7 Å². The van der Waals surface area contributed by atoms with E-state index in [9.17, 15) is 13.2 Å². The summed E-state index contributed by atoms with van der Waals surface area (Å²) in [5.41, 5.74) is 5.59. The summed E-state index contributed by atoms with van der Waals surface area (Å²) in [5, 5.41) is 0.142. The molecule has 0 aromatic heterocycles. The molecule has 2 saturated heterocycles. The van der Waals surface area contributed by atoms with Crippen molar-refractivity contribution >= 4 is 27.5 Å². The van der Waals surface area contributed by atoms with Crippen molar-refractivity contribution in [2.24, 2.45) is 11.7 Å². The van der Waals surface area contributed by atoms with E-state index in [2.05, 4.69) is 4.72 Å². The van der Waals surface area contributed by atoms with Gasteiger partial charge in [-0.2, -0.15) is 13.5 Å². The van der Waals surface area contributed by atoms with Gasteiger partial charge in [-0.05, 0) is 87.3 Å². The fourth-order valence-corrected chi connectivity index (χ4v) is 8.19. The van der Waals surface area contributed by atoms with Crippen LogP contribution < -0.4 is 19.9 Å². The third-order valence-electron chi connectivity index (χ3n) is 9.32. The van der Waals surface area contributed by atoms with Crippen molar-refractivity contribution in [3.05, 3.63) is 53.1 Å². The zero-order valence-electron chi connectivity index (χ0n) is 25.7. The normalized spacial score (nSPS) is 23.1. The average molecular weight is 668 g/mol. The van der Waals surface area contributed by atoms with Crippen molar-refractivity contribution < 1.29 is 31.5 Å². The van der Waals surface area contributed by atoms with Gasteiger partial charge in [0.2, 0.25) is 15.9 Å². The fourth-order valence-electron chi connectivity index (χ4n) is 6.83. The van der Waals surface area contributed by atoms with Gasteiger partial charge in [0, 0.05) is 23.7 Å². The number of piperidine rings is 1. The van der Waals surface area contributed by atoms with E-state index in [1.165, 1.54) is 54.5 Å².